The summed E-state index contributed by atoms with van der Waals surface area (Å²) in [6, 6.07) is -0.452. The van der Waals surface area contributed by atoms with Gasteiger partial charge in [-0.25, -0.2) is 4.79 Å². The molecule has 0 aliphatic heterocycles. The minimum atomic E-state index is -1.24. The van der Waals surface area contributed by atoms with E-state index in [2.05, 4.69) is 5.32 Å². The fourth-order valence-corrected chi connectivity index (χ4v) is 0.826. The van der Waals surface area contributed by atoms with Gasteiger partial charge >= 0.3 is 18.0 Å². The molecule has 0 saturated heterocycles. The number of rotatable bonds is 5. The zero-order valence-electron chi connectivity index (χ0n) is 8.56. The minimum Gasteiger partial charge on any atom is -0.481 e. The second kappa shape index (κ2) is 5.84. The molecule has 0 aromatic carbocycles. The summed E-state index contributed by atoms with van der Waals surface area (Å²) in [7, 11) is 3.00. The smallest absolute Gasteiger partial charge is 0.316 e. The second-order valence-electron chi connectivity index (χ2n) is 3.21. The van der Waals surface area contributed by atoms with Gasteiger partial charge in [-0.1, -0.05) is 0 Å². The van der Waals surface area contributed by atoms with Gasteiger partial charge in [0.1, 0.15) is 0 Å². The molecule has 0 saturated carbocycles. The number of hydrogen-bond acceptors (Lipinski definition) is 3. The van der Waals surface area contributed by atoms with Crippen molar-refractivity contribution >= 4 is 18.0 Å². The molecular formula is C8H14N2O5. The molecule has 0 radical (unpaired) electrons. The van der Waals surface area contributed by atoms with E-state index in [0.29, 0.717) is 0 Å². The van der Waals surface area contributed by atoms with Crippen LogP contribution in [0.4, 0.5) is 4.79 Å². The molecule has 2 amide bonds. The molecular weight excluding hydrogens is 204 g/mol. The Kier molecular flexibility index (Phi) is 5.14. The Morgan fingerprint density at radius 3 is 2.13 bits per heavy atom. The van der Waals surface area contributed by atoms with Crippen molar-refractivity contribution in [1.29, 1.82) is 0 Å². The molecule has 15 heavy (non-hydrogen) atoms. The Morgan fingerprint density at radius 2 is 1.80 bits per heavy atom. The second-order valence-corrected chi connectivity index (χ2v) is 3.21. The predicted molar refractivity (Wildman–Crippen MR) is 50.5 cm³/mol. The molecule has 86 valence electrons. The molecule has 1 atom stereocenters. The Balaban J connectivity index is 4.13. The molecule has 0 aliphatic carbocycles. The molecule has 0 bridgehead atoms. The maximum absolute atomic E-state index is 11.0. The van der Waals surface area contributed by atoms with Crippen molar-refractivity contribution in [3.05, 3.63) is 0 Å². The molecule has 0 aromatic rings. The van der Waals surface area contributed by atoms with E-state index in [1.54, 1.807) is 0 Å². The molecule has 0 rings (SSSR count). The van der Waals surface area contributed by atoms with Gasteiger partial charge in [0, 0.05) is 20.6 Å². The van der Waals surface area contributed by atoms with Gasteiger partial charge in [0.25, 0.3) is 0 Å². The Morgan fingerprint density at radius 1 is 1.27 bits per heavy atom. The number of hydrogen-bond donors (Lipinski definition) is 3. The van der Waals surface area contributed by atoms with Crippen molar-refractivity contribution in [2.45, 2.75) is 6.42 Å². The summed E-state index contributed by atoms with van der Waals surface area (Å²) in [4.78, 5) is 33.2. The number of nitrogens with one attached hydrogen (secondary N) is 1. The van der Waals surface area contributed by atoms with Gasteiger partial charge in [0.05, 0.1) is 12.3 Å². The first-order chi connectivity index (χ1) is 6.84. The molecule has 7 nitrogen and oxygen atoms in total. The normalized spacial score (nSPS) is 11.6. The van der Waals surface area contributed by atoms with Crippen LogP contribution in [0.15, 0.2) is 0 Å². The number of urea groups is 1. The number of carboxylic acid groups (broad SMARTS) is 2. The quantitative estimate of drug-likeness (QED) is 0.573. The highest BCUT2D eigenvalue weighted by atomic mass is 16.4. The highest BCUT2D eigenvalue weighted by Gasteiger charge is 2.21. The van der Waals surface area contributed by atoms with E-state index in [-0.39, 0.29) is 6.54 Å². The number of carboxylic acids is 2. The van der Waals surface area contributed by atoms with Crippen molar-refractivity contribution in [3.8, 4) is 0 Å². The van der Waals surface area contributed by atoms with Gasteiger partial charge in [-0.3, -0.25) is 9.59 Å². The largest absolute Gasteiger partial charge is 0.481 e. The lowest BCUT2D eigenvalue weighted by Crippen LogP contribution is -2.39. The van der Waals surface area contributed by atoms with E-state index < -0.39 is 30.3 Å². The maximum atomic E-state index is 11.0. The average molecular weight is 218 g/mol. The van der Waals surface area contributed by atoms with E-state index in [1.165, 1.54) is 19.0 Å². The van der Waals surface area contributed by atoms with Gasteiger partial charge in [-0.15, -0.1) is 0 Å². The van der Waals surface area contributed by atoms with Crippen LogP contribution in [0.5, 0.6) is 0 Å². The van der Waals surface area contributed by atoms with Gasteiger partial charge < -0.3 is 20.4 Å². The number of aliphatic carboxylic acids is 2. The van der Waals surface area contributed by atoms with Gasteiger partial charge in [-0.2, -0.15) is 0 Å². The third kappa shape index (κ3) is 5.50. The average Bonchev–Trinajstić information content (AvgIpc) is 2.10. The molecule has 0 aromatic heterocycles. The molecule has 3 N–H and O–H groups in total. The van der Waals surface area contributed by atoms with Crippen molar-refractivity contribution in [3.63, 3.8) is 0 Å². The Labute approximate surface area is 86.7 Å². The zero-order valence-corrected chi connectivity index (χ0v) is 8.56. The Hall–Kier alpha value is -1.79. The first kappa shape index (κ1) is 13.2. The fraction of sp³-hybridized carbons (Fsp3) is 0.625. The fourth-order valence-electron chi connectivity index (χ4n) is 0.826. The summed E-state index contributed by atoms with van der Waals surface area (Å²) in [5.74, 6) is -3.55. The van der Waals surface area contributed by atoms with Crippen LogP contribution in [0.1, 0.15) is 6.42 Å². The van der Waals surface area contributed by atoms with Crippen LogP contribution in [0, 0.1) is 5.92 Å². The summed E-state index contributed by atoms with van der Waals surface area (Å²) in [6.07, 6.45) is -0.511. The summed E-state index contributed by atoms with van der Waals surface area (Å²) in [5, 5.41) is 19.4. The third-order valence-electron chi connectivity index (χ3n) is 1.68. The van der Waals surface area contributed by atoms with Crippen molar-refractivity contribution in [2.75, 3.05) is 20.6 Å². The number of nitrogens with zero attached hydrogens (tertiary/aromatic N) is 1. The third-order valence-corrected chi connectivity index (χ3v) is 1.68. The molecule has 7 heteroatoms. The molecule has 0 fully saturated rings. The summed E-state index contributed by atoms with van der Waals surface area (Å²) >= 11 is 0. The lowest BCUT2D eigenvalue weighted by atomic mass is 10.1. The molecule has 0 heterocycles. The van der Waals surface area contributed by atoms with Crippen LogP contribution in [-0.4, -0.2) is 53.7 Å². The van der Waals surface area contributed by atoms with Crippen molar-refractivity contribution < 1.29 is 24.6 Å². The highest BCUT2D eigenvalue weighted by molar-refractivity contribution is 5.79. The van der Waals surface area contributed by atoms with E-state index in [1.807, 2.05) is 0 Å². The minimum absolute atomic E-state index is 0.196. The van der Waals surface area contributed by atoms with Crippen LogP contribution in [0.2, 0.25) is 0 Å². The maximum Gasteiger partial charge on any atom is 0.316 e. The SMILES string of the molecule is CN(C)C(=O)NCC(CC(=O)O)C(=O)O. The van der Waals surface area contributed by atoms with Crippen molar-refractivity contribution in [2.24, 2.45) is 5.92 Å². The summed E-state index contributed by atoms with van der Waals surface area (Å²) in [5.41, 5.74) is 0. The first-order valence-corrected chi connectivity index (χ1v) is 4.24. The predicted octanol–water partition coefficient (Wildman–Crippen LogP) is -0.567. The van der Waals surface area contributed by atoms with Crippen LogP contribution < -0.4 is 5.32 Å². The van der Waals surface area contributed by atoms with E-state index in [9.17, 15) is 14.4 Å². The lowest BCUT2D eigenvalue weighted by molar-refractivity contribution is -0.148. The van der Waals surface area contributed by atoms with Gasteiger partial charge in [-0.05, 0) is 0 Å². The number of amides is 2. The van der Waals surface area contributed by atoms with Crippen molar-refractivity contribution in [1.82, 2.24) is 10.2 Å². The van der Waals surface area contributed by atoms with Crippen LogP contribution in [-0.2, 0) is 9.59 Å². The number of carbonyl (C=O) groups excluding carboxylic acids is 1. The van der Waals surface area contributed by atoms with E-state index in [0.717, 1.165) is 0 Å². The zero-order chi connectivity index (χ0) is 12.0. The standard InChI is InChI=1S/C8H14N2O5/c1-10(2)8(15)9-4-5(7(13)14)3-6(11)12/h5H,3-4H2,1-2H3,(H,9,15)(H,11,12)(H,13,14). The first-order valence-electron chi connectivity index (χ1n) is 4.24. The Bertz CT molecular complexity index is 264. The topological polar surface area (TPSA) is 107 Å². The van der Waals surface area contributed by atoms with Crippen LogP contribution >= 0.6 is 0 Å². The number of carbonyl (C=O) groups is 3. The highest BCUT2D eigenvalue weighted by Crippen LogP contribution is 2.02. The lowest BCUT2D eigenvalue weighted by Gasteiger charge is -2.14. The van der Waals surface area contributed by atoms with Gasteiger partial charge in [0.15, 0.2) is 0 Å². The summed E-state index contributed by atoms with van der Waals surface area (Å²) in [6.45, 7) is -0.196. The molecule has 1 unspecified atom stereocenters. The van der Waals surface area contributed by atoms with E-state index >= 15 is 0 Å². The van der Waals surface area contributed by atoms with Crippen LogP contribution in [0.25, 0.3) is 0 Å². The van der Waals surface area contributed by atoms with E-state index in [4.69, 9.17) is 10.2 Å². The molecule has 0 spiro atoms. The summed E-state index contributed by atoms with van der Waals surface area (Å²) < 4.78 is 0. The monoisotopic (exact) mass is 218 g/mol. The molecule has 0 aliphatic rings. The van der Waals surface area contributed by atoms with Crippen LogP contribution in [0.3, 0.4) is 0 Å². The van der Waals surface area contributed by atoms with Gasteiger partial charge in [0.2, 0.25) is 0 Å².